The Morgan fingerprint density at radius 2 is 1.53 bits per heavy atom. The molecule has 36 heavy (non-hydrogen) atoms. The number of hydrogen-bond donors (Lipinski definition) is 1. The average Bonchev–Trinajstić information content (AvgIpc) is 3.29. The van der Waals surface area contributed by atoms with Crippen LogP contribution < -0.4 is 5.32 Å². The number of rotatable bonds is 9. The molecule has 2 rings (SSSR count). The average molecular weight is 528 g/mol. The predicted molar refractivity (Wildman–Crippen MR) is 118 cm³/mol. The Bertz CT molecular complexity index is 827. The standard InChI is InChI=1S/C23H34F5N3O5/c1-13(2)15(12-17(32)30-8-10-36-11-9-30)21(35)31-7-5-6-16(31)20(34)29-18(14(3)4)19(33)22(24,25)23(26,27)28/h13-16,18H,5-12H2,1-4H3,(H,29,34)/t15?,16-,18+/m0/s1. The van der Waals surface area contributed by atoms with Crippen molar-refractivity contribution in [2.45, 2.75) is 71.1 Å². The van der Waals surface area contributed by atoms with Gasteiger partial charge in [-0.2, -0.15) is 22.0 Å². The van der Waals surface area contributed by atoms with Crippen molar-refractivity contribution in [2.24, 2.45) is 17.8 Å². The quantitative estimate of drug-likeness (QED) is 0.465. The van der Waals surface area contributed by atoms with E-state index < -0.39 is 53.6 Å². The van der Waals surface area contributed by atoms with Crippen molar-refractivity contribution in [3.63, 3.8) is 0 Å². The van der Waals surface area contributed by atoms with Gasteiger partial charge in [0.1, 0.15) is 6.04 Å². The molecule has 0 aromatic carbocycles. The Balaban J connectivity index is 2.16. The maximum atomic E-state index is 13.7. The van der Waals surface area contributed by atoms with Gasteiger partial charge in [0.2, 0.25) is 23.5 Å². The molecular weight excluding hydrogens is 493 g/mol. The number of carbonyl (C=O) groups is 4. The van der Waals surface area contributed by atoms with E-state index in [0.29, 0.717) is 32.7 Å². The molecule has 2 heterocycles. The van der Waals surface area contributed by atoms with Crippen LogP contribution in [0.2, 0.25) is 0 Å². The molecule has 206 valence electrons. The van der Waals surface area contributed by atoms with Gasteiger partial charge in [0.25, 0.3) is 0 Å². The summed E-state index contributed by atoms with van der Waals surface area (Å²) in [7, 11) is 0. The van der Waals surface area contributed by atoms with Gasteiger partial charge in [-0.25, -0.2) is 0 Å². The normalized spacial score (nSPS) is 21.0. The molecule has 3 amide bonds. The van der Waals surface area contributed by atoms with Crippen molar-refractivity contribution in [1.82, 2.24) is 15.1 Å². The number of nitrogens with zero attached hydrogens (tertiary/aromatic N) is 2. The van der Waals surface area contributed by atoms with Crippen molar-refractivity contribution >= 4 is 23.5 Å². The highest BCUT2D eigenvalue weighted by Gasteiger charge is 2.64. The summed E-state index contributed by atoms with van der Waals surface area (Å²) in [5.74, 6) is -11.9. The van der Waals surface area contributed by atoms with Crippen molar-refractivity contribution in [2.75, 3.05) is 32.8 Å². The topological polar surface area (TPSA) is 96.0 Å². The molecule has 1 N–H and O–H groups in total. The van der Waals surface area contributed by atoms with Crippen molar-refractivity contribution in [3.8, 4) is 0 Å². The van der Waals surface area contributed by atoms with Gasteiger partial charge in [-0.3, -0.25) is 19.2 Å². The van der Waals surface area contributed by atoms with Crippen LogP contribution in [0.4, 0.5) is 22.0 Å². The predicted octanol–water partition coefficient (Wildman–Crippen LogP) is 2.41. The van der Waals surface area contributed by atoms with Crippen LogP contribution in [0.1, 0.15) is 47.0 Å². The van der Waals surface area contributed by atoms with Gasteiger partial charge in [-0.15, -0.1) is 0 Å². The zero-order chi connectivity index (χ0) is 27.4. The third-order valence-corrected chi connectivity index (χ3v) is 6.63. The Labute approximate surface area is 206 Å². The molecule has 8 nitrogen and oxygen atoms in total. The number of amides is 3. The summed E-state index contributed by atoms with van der Waals surface area (Å²) in [5, 5.41) is 2.03. The highest BCUT2D eigenvalue weighted by atomic mass is 19.4. The second kappa shape index (κ2) is 11.8. The van der Waals surface area contributed by atoms with Crippen LogP contribution >= 0.6 is 0 Å². The monoisotopic (exact) mass is 527 g/mol. The Hall–Kier alpha value is -2.31. The largest absolute Gasteiger partial charge is 0.461 e. The van der Waals surface area contributed by atoms with E-state index >= 15 is 0 Å². The van der Waals surface area contributed by atoms with Gasteiger partial charge >= 0.3 is 12.1 Å². The summed E-state index contributed by atoms with van der Waals surface area (Å²) in [4.78, 5) is 54.0. The molecule has 0 saturated carbocycles. The van der Waals surface area contributed by atoms with E-state index in [1.54, 1.807) is 18.7 Å². The summed E-state index contributed by atoms with van der Waals surface area (Å²) < 4.78 is 70.9. The highest BCUT2D eigenvalue weighted by molar-refractivity contribution is 5.97. The number of likely N-dealkylation sites (tertiary alicyclic amines) is 1. The Morgan fingerprint density at radius 1 is 0.944 bits per heavy atom. The first-order valence-electron chi connectivity index (χ1n) is 12.0. The fraction of sp³-hybridized carbons (Fsp3) is 0.826. The number of nitrogens with one attached hydrogen (secondary N) is 1. The molecule has 1 unspecified atom stereocenters. The summed E-state index contributed by atoms with van der Waals surface area (Å²) >= 11 is 0. The fourth-order valence-electron chi connectivity index (χ4n) is 4.37. The lowest BCUT2D eigenvalue weighted by atomic mass is 9.90. The lowest BCUT2D eigenvalue weighted by Gasteiger charge is -2.33. The summed E-state index contributed by atoms with van der Waals surface area (Å²) in [5.41, 5.74) is 0. The minimum atomic E-state index is -6.10. The molecule has 0 aliphatic carbocycles. The zero-order valence-corrected chi connectivity index (χ0v) is 20.9. The van der Waals surface area contributed by atoms with E-state index in [0.717, 1.165) is 0 Å². The van der Waals surface area contributed by atoms with Crippen LogP contribution in [0.25, 0.3) is 0 Å². The molecule has 13 heteroatoms. The number of halogens is 5. The molecular formula is C23H34F5N3O5. The molecule has 2 saturated heterocycles. The Kier molecular flexibility index (Phi) is 9.83. The number of ketones is 1. The molecule has 0 aromatic heterocycles. The van der Waals surface area contributed by atoms with Crippen molar-refractivity contribution in [1.29, 1.82) is 0 Å². The molecule has 0 spiro atoms. The van der Waals surface area contributed by atoms with Gasteiger partial charge < -0.3 is 19.9 Å². The molecule has 3 atom stereocenters. The molecule has 2 aliphatic rings. The summed E-state index contributed by atoms with van der Waals surface area (Å²) in [6.45, 7) is 7.73. The van der Waals surface area contributed by atoms with Gasteiger partial charge in [0.05, 0.1) is 19.3 Å². The third kappa shape index (κ3) is 6.71. The van der Waals surface area contributed by atoms with Crippen LogP contribution in [0, 0.1) is 17.8 Å². The van der Waals surface area contributed by atoms with Crippen LogP contribution in [0.3, 0.4) is 0 Å². The summed E-state index contributed by atoms with van der Waals surface area (Å²) in [6.07, 6.45) is -5.65. The van der Waals surface area contributed by atoms with Crippen molar-refractivity contribution in [3.05, 3.63) is 0 Å². The first-order valence-corrected chi connectivity index (χ1v) is 12.0. The van der Waals surface area contributed by atoms with Gasteiger partial charge in [-0.1, -0.05) is 27.7 Å². The van der Waals surface area contributed by atoms with Gasteiger partial charge in [0, 0.05) is 32.0 Å². The number of morpholine rings is 1. The minimum Gasteiger partial charge on any atom is -0.378 e. The van der Waals surface area contributed by atoms with Crippen LogP contribution in [-0.4, -0.2) is 90.3 Å². The van der Waals surface area contributed by atoms with E-state index in [1.165, 1.54) is 18.7 Å². The van der Waals surface area contributed by atoms with Crippen LogP contribution in [-0.2, 0) is 23.9 Å². The second-order valence-corrected chi connectivity index (χ2v) is 9.90. The molecule has 0 radical (unpaired) electrons. The fourth-order valence-corrected chi connectivity index (χ4v) is 4.37. The SMILES string of the molecule is CC(C)C(CC(=O)N1CCOCC1)C(=O)N1CCC[C@H]1C(=O)N[C@@H](C(=O)C(F)(F)C(F)(F)F)C(C)C. The number of hydrogen-bond acceptors (Lipinski definition) is 5. The van der Waals surface area contributed by atoms with Gasteiger partial charge in [-0.05, 0) is 24.7 Å². The summed E-state index contributed by atoms with van der Waals surface area (Å²) in [6, 6.07) is -3.25. The lowest BCUT2D eigenvalue weighted by Crippen LogP contribution is -2.59. The van der Waals surface area contributed by atoms with E-state index in [2.05, 4.69) is 0 Å². The second-order valence-electron chi connectivity index (χ2n) is 9.90. The highest BCUT2D eigenvalue weighted by Crippen LogP contribution is 2.37. The van der Waals surface area contributed by atoms with E-state index in [9.17, 15) is 41.1 Å². The smallest absolute Gasteiger partial charge is 0.378 e. The first kappa shape index (κ1) is 29.9. The number of Topliss-reactive ketones (excluding diaryl/α,β-unsaturated/α-hetero) is 1. The molecule has 0 aromatic rings. The first-order chi connectivity index (χ1) is 16.6. The van der Waals surface area contributed by atoms with Gasteiger partial charge in [0.15, 0.2) is 0 Å². The van der Waals surface area contributed by atoms with E-state index in [4.69, 9.17) is 4.74 Å². The maximum absolute atomic E-state index is 13.7. The maximum Gasteiger partial charge on any atom is 0.461 e. The lowest BCUT2D eigenvalue weighted by molar-refractivity contribution is -0.270. The minimum absolute atomic E-state index is 0.0910. The Morgan fingerprint density at radius 3 is 2.03 bits per heavy atom. The molecule has 2 aliphatic heterocycles. The molecule has 0 bridgehead atoms. The van der Waals surface area contributed by atoms with E-state index in [1.807, 2.05) is 5.32 Å². The zero-order valence-electron chi connectivity index (χ0n) is 20.9. The number of ether oxygens (including phenoxy) is 1. The van der Waals surface area contributed by atoms with E-state index in [-0.39, 0.29) is 31.2 Å². The number of carbonyl (C=O) groups excluding carboxylic acids is 4. The van der Waals surface area contributed by atoms with Crippen LogP contribution in [0.15, 0.2) is 0 Å². The van der Waals surface area contributed by atoms with Crippen molar-refractivity contribution < 1.29 is 45.9 Å². The number of alkyl halides is 5. The molecule has 2 fully saturated rings. The third-order valence-electron chi connectivity index (χ3n) is 6.63. The van der Waals surface area contributed by atoms with Crippen LogP contribution in [0.5, 0.6) is 0 Å².